The average molecular weight is 419 g/mol. The van der Waals surface area contributed by atoms with Crippen molar-refractivity contribution in [2.24, 2.45) is 11.8 Å². The van der Waals surface area contributed by atoms with E-state index in [1.807, 2.05) is 0 Å². The molecule has 0 bridgehead atoms. The number of thioether (sulfide) groups is 1. The summed E-state index contributed by atoms with van der Waals surface area (Å²) in [6, 6.07) is 0. The van der Waals surface area contributed by atoms with E-state index < -0.39 is 0 Å². The first-order valence-electron chi connectivity index (χ1n) is 14.0. The van der Waals surface area contributed by atoms with Crippen molar-refractivity contribution in [3.8, 4) is 0 Å². The zero-order valence-electron chi connectivity index (χ0n) is 19.5. The molecule has 0 heterocycles. The van der Waals surface area contributed by atoms with Crippen molar-refractivity contribution in [1.82, 2.24) is 0 Å². The topological polar surface area (TPSA) is 0 Å². The van der Waals surface area contributed by atoms with Crippen LogP contribution in [0.4, 0.5) is 0 Å². The Hall–Kier alpha value is 0.350. The Morgan fingerprint density at radius 2 is 0.621 bits per heavy atom. The van der Waals surface area contributed by atoms with Crippen molar-refractivity contribution in [3.63, 3.8) is 0 Å². The number of rotatable bonds is 4. The Kier molecular flexibility index (Phi) is 8.77. The highest BCUT2D eigenvalue weighted by atomic mass is 32.2. The van der Waals surface area contributed by atoms with Gasteiger partial charge in [0, 0.05) is 9.49 Å². The molecule has 0 unspecified atom stereocenters. The van der Waals surface area contributed by atoms with Gasteiger partial charge in [-0.15, -0.1) is 11.8 Å². The zero-order chi connectivity index (χ0) is 19.8. The molecule has 0 aromatic carbocycles. The molecule has 0 radical (unpaired) electrons. The van der Waals surface area contributed by atoms with E-state index >= 15 is 0 Å². The van der Waals surface area contributed by atoms with E-state index in [-0.39, 0.29) is 0 Å². The molecule has 4 saturated carbocycles. The van der Waals surface area contributed by atoms with Gasteiger partial charge in [0.1, 0.15) is 0 Å². The molecule has 0 spiro atoms. The Morgan fingerprint density at radius 3 is 0.931 bits per heavy atom. The third kappa shape index (κ3) is 5.78. The molecule has 4 aliphatic rings. The van der Waals surface area contributed by atoms with E-state index in [9.17, 15) is 0 Å². The second kappa shape index (κ2) is 11.3. The second-order valence-electron chi connectivity index (χ2n) is 11.4. The molecule has 0 saturated heterocycles. The summed E-state index contributed by atoms with van der Waals surface area (Å²) in [5.74, 6) is 2.08. The zero-order valence-corrected chi connectivity index (χ0v) is 20.4. The number of hydrogen-bond acceptors (Lipinski definition) is 1. The first-order valence-corrected chi connectivity index (χ1v) is 14.8. The Bertz CT molecular complexity index is 395. The van der Waals surface area contributed by atoms with Crippen molar-refractivity contribution in [3.05, 3.63) is 0 Å². The number of hydrogen-bond donors (Lipinski definition) is 0. The lowest BCUT2D eigenvalue weighted by Crippen LogP contribution is -2.44. The summed E-state index contributed by atoms with van der Waals surface area (Å²) >= 11 is 2.69. The molecule has 4 aliphatic carbocycles. The monoisotopic (exact) mass is 418 g/mol. The van der Waals surface area contributed by atoms with Crippen LogP contribution in [0.5, 0.6) is 0 Å². The minimum atomic E-state index is 0.650. The molecule has 0 amide bonds. The standard InChI is InChI=1S/C28H50S/c1-2-10-18-25(17-9-1)27(21-13-5-6-14-22-27)29-28(23-15-7-8-16-24-28)26-19-11-3-4-12-20-26/h25-26H,1-24H2. The molecule has 0 N–H and O–H groups in total. The predicted molar refractivity (Wildman–Crippen MR) is 131 cm³/mol. The van der Waals surface area contributed by atoms with Gasteiger partial charge >= 0.3 is 0 Å². The normalized spacial score (nSPS) is 30.6. The first-order chi connectivity index (χ1) is 14.3. The van der Waals surface area contributed by atoms with Crippen molar-refractivity contribution in [2.45, 2.75) is 164 Å². The van der Waals surface area contributed by atoms with Crippen LogP contribution in [-0.2, 0) is 0 Å². The first kappa shape index (κ1) is 22.5. The molecule has 0 aromatic heterocycles. The summed E-state index contributed by atoms with van der Waals surface area (Å²) < 4.78 is 1.30. The van der Waals surface area contributed by atoms with Crippen molar-refractivity contribution >= 4 is 11.8 Å². The van der Waals surface area contributed by atoms with Crippen LogP contribution < -0.4 is 0 Å². The van der Waals surface area contributed by atoms with Crippen LogP contribution in [0, 0.1) is 11.8 Å². The fraction of sp³-hybridized carbons (Fsp3) is 1.00. The van der Waals surface area contributed by atoms with Crippen molar-refractivity contribution in [2.75, 3.05) is 0 Å². The van der Waals surface area contributed by atoms with Crippen molar-refractivity contribution in [1.29, 1.82) is 0 Å². The van der Waals surface area contributed by atoms with Crippen LogP contribution in [0.15, 0.2) is 0 Å². The largest absolute Gasteiger partial charge is 0.148 e. The van der Waals surface area contributed by atoms with E-state index in [2.05, 4.69) is 11.8 Å². The summed E-state index contributed by atoms with van der Waals surface area (Å²) in [4.78, 5) is 0. The van der Waals surface area contributed by atoms with Crippen LogP contribution >= 0.6 is 11.8 Å². The molecule has 4 rings (SSSR count). The lowest BCUT2D eigenvalue weighted by Gasteiger charge is -2.50. The average Bonchev–Trinajstić information content (AvgIpc) is 3.31. The third-order valence-corrected chi connectivity index (χ3v) is 11.8. The summed E-state index contributed by atoms with van der Waals surface area (Å²) in [6.07, 6.45) is 36.9. The fourth-order valence-corrected chi connectivity index (χ4v) is 10.5. The summed E-state index contributed by atoms with van der Waals surface area (Å²) in [5, 5.41) is 0. The molecule has 0 nitrogen and oxygen atoms in total. The quantitative estimate of drug-likeness (QED) is 0.409. The van der Waals surface area contributed by atoms with Gasteiger partial charge in [-0.25, -0.2) is 0 Å². The molecule has 168 valence electrons. The summed E-state index contributed by atoms with van der Waals surface area (Å²) in [5.41, 5.74) is 0. The highest BCUT2D eigenvalue weighted by Gasteiger charge is 2.49. The van der Waals surface area contributed by atoms with Gasteiger partial charge in [0.2, 0.25) is 0 Å². The van der Waals surface area contributed by atoms with E-state index in [1.165, 1.54) is 103 Å². The molecule has 0 atom stereocenters. The van der Waals surface area contributed by atoms with Gasteiger partial charge in [0.25, 0.3) is 0 Å². The van der Waals surface area contributed by atoms with Gasteiger partial charge < -0.3 is 0 Å². The van der Waals surface area contributed by atoms with Gasteiger partial charge in [0.05, 0.1) is 0 Å². The Labute approximate surface area is 187 Å². The van der Waals surface area contributed by atoms with Crippen LogP contribution in [0.25, 0.3) is 0 Å². The maximum absolute atomic E-state index is 2.69. The lowest BCUT2D eigenvalue weighted by molar-refractivity contribution is 0.275. The van der Waals surface area contributed by atoms with Gasteiger partial charge in [-0.1, -0.05) is 103 Å². The Balaban J connectivity index is 1.63. The molecule has 1 heteroatoms. The molecule has 4 fully saturated rings. The minimum Gasteiger partial charge on any atom is -0.148 e. The van der Waals surface area contributed by atoms with Gasteiger partial charge in [-0.2, -0.15) is 0 Å². The summed E-state index contributed by atoms with van der Waals surface area (Å²) in [7, 11) is 0. The van der Waals surface area contributed by atoms with E-state index in [4.69, 9.17) is 0 Å². The molecule has 29 heavy (non-hydrogen) atoms. The van der Waals surface area contributed by atoms with E-state index in [0.29, 0.717) is 9.49 Å². The molecule has 0 aliphatic heterocycles. The predicted octanol–water partition coefficient (Wildman–Crippen LogP) is 9.85. The van der Waals surface area contributed by atoms with Crippen molar-refractivity contribution < 1.29 is 0 Å². The molecular formula is C28H50S. The van der Waals surface area contributed by atoms with E-state index in [1.54, 1.807) is 51.4 Å². The minimum absolute atomic E-state index is 0.650. The molecular weight excluding hydrogens is 368 g/mol. The SMILES string of the molecule is C1CCCC(C2(SC3(C4CCCCCC4)CCCCCC3)CCCCCC2)CC1. The molecule has 0 aromatic rings. The second-order valence-corrected chi connectivity index (χ2v) is 13.3. The van der Waals surface area contributed by atoms with E-state index in [0.717, 1.165) is 11.8 Å². The van der Waals surface area contributed by atoms with Crippen LogP contribution in [0.2, 0.25) is 0 Å². The summed E-state index contributed by atoms with van der Waals surface area (Å²) in [6.45, 7) is 0. The van der Waals surface area contributed by atoms with Crippen LogP contribution in [0.3, 0.4) is 0 Å². The fourth-order valence-electron chi connectivity index (χ4n) is 7.86. The lowest BCUT2D eigenvalue weighted by atomic mass is 9.79. The van der Waals surface area contributed by atoms with Gasteiger partial charge in [-0.3, -0.25) is 0 Å². The third-order valence-electron chi connectivity index (χ3n) is 9.50. The highest BCUT2D eigenvalue weighted by molar-refractivity contribution is 8.02. The van der Waals surface area contributed by atoms with Crippen LogP contribution in [-0.4, -0.2) is 9.49 Å². The maximum atomic E-state index is 2.69. The van der Waals surface area contributed by atoms with Crippen LogP contribution in [0.1, 0.15) is 154 Å². The van der Waals surface area contributed by atoms with Gasteiger partial charge in [0.15, 0.2) is 0 Å². The smallest absolute Gasteiger partial charge is 0.0193 e. The van der Waals surface area contributed by atoms with Gasteiger partial charge in [-0.05, 0) is 63.2 Å². The highest BCUT2D eigenvalue weighted by Crippen LogP contribution is 2.59. The maximum Gasteiger partial charge on any atom is 0.0193 e. The Morgan fingerprint density at radius 1 is 0.345 bits per heavy atom.